The summed E-state index contributed by atoms with van der Waals surface area (Å²) in [6.07, 6.45) is 0. The predicted molar refractivity (Wildman–Crippen MR) is 93.2 cm³/mol. The number of amides is 1. The van der Waals surface area contributed by atoms with E-state index >= 15 is 0 Å². The molecule has 14 heteroatoms. The van der Waals surface area contributed by atoms with E-state index in [-0.39, 0.29) is 23.2 Å². The fourth-order valence-electron chi connectivity index (χ4n) is 1.86. The van der Waals surface area contributed by atoms with Crippen molar-refractivity contribution in [1.82, 2.24) is 4.98 Å². The zero-order valence-electron chi connectivity index (χ0n) is 13.6. The second kappa shape index (κ2) is 7.36. The Balaban J connectivity index is 2.50. The van der Waals surface area contributed by atoms with E-state index in [4.69, 9.17) is 10.3 Å². The van der Waals surface area contributed by atoms with Crippen molar-refractivity contribution < 1.29 is 30.7 Å². The Kier molecular flexibility index (Phi) is 5.55. The molecular weight excluding hydrogens is 402 g/mol. The third-order valence-electron chi connectivity index (χ3n) is 2.98. The molecule has 1 aromatic heterocycles. The quantitative estimate of drug-likeness (QED) is 0.412. The Morgan fingerprint density at radius 3 is 2.19 bits per heavy atom. The standard InChI is InChI=1S/C13H13N5O7S2/c1-7(19)15-12-5-3-9(13(14)16-12)17-18-10-6-8(26(20,21)22)2-4-11(10)27(23,24)25/h2-6H,1H3,(H,20,21,22)(H,23,24,25)(H3,14,15,16,19)/b18-17+. The number of hydrogen-bond acceptors (Lipinski definition) is 9. The molecule has 144 valence electrons. The van der Waals surface area contributed by atoms with Crippen LogP contribution in [-0.4, -0.2) is 36.8 Å². The molecule has 0 saturated carbocycles. The number of nitrogens with two attached hydrogens (primary N) is 1. The number of carbonyl (C=O) groups excluding carboxylic acids is 1. The number of pyridine rings is 1. The molecule has 0 radical (unpaired) electrons. The normalized spacial score (nSPS) is 12.3. The highest BCUT2D eigenvalue weighted by Gasteiger charge is 2.20. The minimum atomic E-state index is -4.76. The summed E-state index contributed by atoms with van der Waals surface area (Å²) in [6.45, 7) is 1.27. The molecule has 27 heavy (non-hydrogen) atoms. The van der Waals surface area contributed by atoms with Gasteiger partial charge < -0.3 is 11.1 Å². The van der Waals surface area contributed by atoms with Crippen molar-refractivity contribution in [2.75, 3.05) is 11.1 Å². The molecular formula is C13H13N5O7S2. The molecule has 0 saturated heterocycles. The molecule has 0 aliphatic carbocycles. The van der Waals surface area contributed by atoms with Crippen LogP contribution in [0.15, 0.2) is 50.4 Å². The van der Waals surface area contributed by atoms with E-state index in [9.17, 15) is 26.2 Å². The second-order valence-corrected chi connectivity index (χ2v) is 7.87. The molecule has 0 fully saturated rings. The van der Waals surface area contributed by atoms with Crippen molar-refractivity contribution in [3.63, 3.8) is 0 Å². The van der Waals surface area contributed by atoms with Crippen molar-refractivity contribution in [3.8, 4) is 0 Å². The third kappa shape index (κ3) is 5.27. The molecule has 2 aromatic rings. The van der Waals surface area contributed by atoms with Crippen molar-refractivity contribution >= 4 is 49.2 Å². The SMILES string of the molecule is CC(=O)Nc1ccc(/N=N/c2cc(S(=O)(=O)O)ccc2S(=O)(=O)O)c(N)n1. The van der Waals surface area contributed by atoms with Gasteiger partial charge in [0.15, 0.2) is 5.82 Å². The number of benzene rings is 1. The molecule has 1 aromatic carbocycles. The minimum absolute atomic E-state index is 0.0253. The summed E-state index contributed by atoms with van der Waals surface area (Å²) in [5.41, 5.74) is 5.08. The molecule has 2 rings (SSSR count). The fraction of sp³-hybridized carbons (Fsp3) is 0.0769. The monoisotopic (exact) mass is 415 g/mol. The van der Waals surface area contributed by atoms with Crippen LogP contribution in [0.3, 0.4) is 0 Å². The Bertz CT molecular complexity index is 1140. The molecule has 0 aliphatic rings. The summed E-state index contributed by atoms with van der Waals surface area (Å²) in [6, 6.07) is 4.89. The number of aromatic nitrogens is 1. The Labute approximate surface area is 153 Å². The van der Waals surface area contributed by atoms with Gasteiger partial charge in [-0.3, -0.25) is 13.9 Å². The first-order chi connectivity index (χ1) is 12.4. The lowest BCUT2D eigenvalue weighted by atomic mass is 10.3. The summed E-state index contributed by atoms with van der Waals surface area (Å²) in [5.74, 6) is -0.397. The van der Waals surface area contributed by atoms with Gasteiger partial charge in [0.05, 0.1) is 4.90 Å². The maximum absolute atomic E-state index is 11.4. The largest absolute Gasteiger partial charge is 0.382 e. The van der Waals surface area contributed by atoms with E-state index in [1.807, 2.05) is 0 Å². The van der Waals surface area contributed by atoms with E-state index in [2.05, 4.69) is 20.5 Å². The van der Waals surface area contributed by atoms with Crippen LogP contribution in [0.25, 0.3) is 0 Å². The predicted octanol–water partition coefficient (Wildman–Crippen LogP) is 1.53. The van der Waals surface area contributed by atoms with E-state index in [1.165, 1.54) is 19.1 Å². The van der Waals surface area contributed by atoms with Gasteiger partial charge in [0.1, 0.15) is 22.1 Å². The van der Waals surface area contributed by atoms with Crippen LogP contribution in [0, 0.1) is 0 Å². The molecule has 0 bridgehead atoms. The van der Waals surface area contributed by atoms with Crippen molar-refractivity contribution in [2.45, 2.75) is 16.7 Å². The number of nitrogens with zero attached hydrogens (tertiary/aromatic N) is 3. The van der Waals surface area contributed by atoms with Gasteiger partial charge in [-0.15, -0.1) is 10.2 Å². The topological polar surface area (TPSA) is 201 Å². The fourth-order valence-corrected chi connectivity index (χ4v) is 2.97. The zero-order chi connectivity index (χ0) is 20.4. The lowest BCUT2D eigenvalue weighted by Gasteiger charge is -2.05. The third-order valence-corrected chi connectivity index (χ3v) is 4.73. The van der Waals surface area contributed by atoms with Gasteiger partial charge in [-0.05, 0) is 30.3 Å². The molecule has 0 unspecified atom stereocenters. The maximum atomic E-state index is 11.4. The Morgan fingerprint density at radius 2 is 1.67 bits per heavy atom. The number of hydrogen-bond donors (Lipinski definition) is 4. The number of nitrogen functional groups attached to an aromatic ring is 1. The minimum Gasteiger partial charge on any atom is -0.382 e. The highest BCUT2D eigenvalue weighted by atomic mass is 32.2. The van der Waals surface area contributed by atoms with Crippen molar-refractivity contribution in [2.24, 2.45) is 10.2 Å². The highest BCUT2D eigenvalue weighted by molar-refractivity contribution is 7.86. The van der Waals surface area contributed by atoms with Crippen LogP contribution in [0.1, 0.15) is 6.92 Å². The first kappa shape index (κ1) is 20.4. The molecule has 12 nitrogen and oxygen atoms in total. The first-order valence-corrected chi connectivity index (χ1v) is 9.81. The summed E-state index contributed by atoms with van der Waals surface area (Å²) in [5, 5.41) is 9.63. The van der Waals surface area contributed by atoms with Gasteiger partial charge in [-0.1, -0.05) is 0 Å². The summed E-state index contributed by atoms with van der Waals surface area (Å²) in [4.78, 5) is 13.4. The lowest BCUT2D eigenvalue weighted by molar-refractivity contribution is -0.114. The van der Waals surface area contributed by atoms with Crippen LogP contribution >= 0.6 is 0 Å². The molecule has 1 heterocycles. The smallest absolute Gasteiger partial charge is 0.296 e. The van der Waals surface area contributed by atoms with Crippen LogP contribution in [0.4, 0.5) is 23.0 Å². The van der Waals surface area contributed by atoms with Crippen LogP contribution in [-0.2, 0) is 25.0 Å². The van der Waals surface area contributed by atoms with Crippen LogP contribution in [0.5, 0.6) is 0 Å². The van der Waals surface area contributed by atoms with Gasteiger partial charge >= 0.3 is 0 Å². The van der Waals surface area contributed by atoms with Gasteiger partial charge in [0.25, 0.3) is 20.2 Å². The first-order valence-electron chi connectivity index (χ1n) is 6.93. The maximum Gasteiger partial charge on any atom is 0.296 e. The van der Waals surface area contributed by atoms with Gasteiger partial charge in [0.2, 0.25) is 5.91 Å². The number of anilines is 2. The number of carbonyl (C=O) groups is 1. The second-order valence-electron chi connectivity index (χ2n) is 5.06. The van der Waals surface area contributed by atoms with E-state index in [1.54, 1.807) is 0 Å². The highest BCUT2D eigenvalue weighted by Crippen LogP contribution is 2.30. The summed E-state index contributed by atoms with van der Waals surface area (Å²) < 4.78 is 63.5. The van der Waals surface area contributed by atoms with E-state index in [0.29, 0.717) is 6.07 Å². The van der Waals surface area contributed by atoms with Crippen molar-refractivity contribution in [3.05, 3.63) is 30.3 Å². The molecule has 1 amide bonds. The van der Waals surface area contributed by atoms with E-state index in [0.717, 1.165) is 12.1 Å². The zero-order valence-corrected chi connectivity index (χ0v) is 15.2. The summed E-state index contributed by atoms with van der Waals surface area (Å²) in [7, 11) is -9.41. The Morgan fingerprint density at radius 1 is 1.04 bits per heavy atom. The Hall–Kier alpha value is -2.94. The molecule has 0 spiro atoms. The average molecular weight is 415 g/mol. The number of rotatable bonds is 5. The molecule has 5 N–H and O–H groups in total. The number of nitrogens with one attached hydrogen (secondary N) is 1. The van der Waals surface area contributed by atoms with Crippen LogP contribution < -0.4 is 11.1 Å². The van der Waals surface area contributed by atoms with Crippen molar-refractivity contribution in [1.29, 1.82) is 0 Å². The molecule has 0 atom stereocenters. The summed E-state index contributed by atoms with van der Waals surface area (Å²) >= 11 is 0. The van der Waals surface area contributed by atoms with Crippen LogP contribution in [0.2, 0.25) is 0 Å². The number of azo groups is 1. The van der Waals surface area contributed by atoms with Gasteiger partial charge in [-0.25, -0.2) is 4.98 Å². The van der Waals surface area contributed by atoms with E-state index < -0.39 is 35.7 Å². The lowest BCUT2D eigenvalue weighted by Crippen LogP contribution is -2.08. The van der Waals surface area contributed by atoms with Gasteiger partial charge in [0, 0.05) is 6.92 Å². The molecule has 0 aliphatic heterocycles. The average Bonchev–Trinajstić information content (AvgIpc) is 2.51. The van der Waals surface area contributed by atoms with Gasteiger partial charge in [-0.2, -0.15) is 16.8 Å².